The minimum absolute atomic E-state index is 0.0626. The summed E-state index contributed by atoms with van der Waals surface area (Å²) in [5.41, 5.74) is 1.06. The molecule has 0 aliphatic rings. The van der Waals surface area contributed by atoms with E-state index in [1.165, 1.54) is 0 Å². The number of amides is 1. The number of nitrogens with zero attached hydrogens (tertiary/aromatic N) is 1. The molecule has 0 unspecified atom stereocenters. The molecule has 0 radical (unpaired) electrons. The summed E-state index contributed by atoms with van der Waals surface area (Å²) in [7, 11) is 0. The maximum absolute atomic E-state index is 12.4. The van der Waals surface area contributed by atoms with Crippen LogP contribution in [-0.4, -0.2) is 10.9 Å². The second-order valence-corrected chi connectivity index (χ2v) is 5.54. The molecular formula is C15H15BrN2O. The maximum Gasteiger partial charge on any atom is 0.234 e. The molecule has 0 aliphatic carbocycles. The lowest BCUT2D eigenvalue weighted by Gasteiger charge is -2.24. The summed E-state index contributed by atoms with van der Waals surface area (Å²) in [5, 5.41) is 2.90. The summed E-state index contributed by atoms with van der Waals surface area (Å²) in [6.45, 7) is 3.81. The van der Waals surface area contributed by atoms with Gasteiger partial charge in [-0.3, -0.25) is 4.79 Å². The van der Waals surface area contributed by atoms with Crippen molar-refractivity contribution >= 4 is 27.5 Å². The zero-order chi connectivity index (χ0) is 13.9. The highest BCUT2D eigenvalue weighted by atomic mass is 79.9. The van der Waals surface area contributed by atoms with Gasteiger partial charge in [-0.2, -0.15) is 0 Å². The minimum atomic E-state index is -0.601. The van der Waals surface area contributed by atoms with E-state index >= 15 is 0 Å². The second-order valence-electron chi connectivity index (χ2n) is 4.79. The Labute approximate surface area is 121 Å². The molecule has 98 valence electrons. The molecule has 0 atom stereocenters. The molecule has 1 aromatic carbocycles. The van der Waals surface area contributed by atoms with Crippen molar-refractivity contribution in [1.82, 2.24) is 4.98 Å². The number of aromatic nitrogens is 1. The zero-order valence-corrected chi connectivity index (χ0v) is 12.4. The third-order valence-corrected chi connectivity index (χ3v) is 3.70. The Kier molecular flexibility index (Phi) is 4.00. The molecule has 0 aliphatic heterocycles. The summed E-state index contributed by atoms with van der Waals surface area (Å²) < 4.78 is 0.632. The molecule has 1 N–H and O–H groups in total. The fourth-order valence-corrected chi connectivity index (χ4v) is 2.09. The van der Waals surface area contributed by atoms with Gasteiger partial charge in [-0.05, 0) is 47.5 Å². The van der Waals surface area contributed by atoms with Gasteiger partial charge < -0.3 is 5.32 Å². The molecule has 1 heterocycles. The Morgan fingerprint density at radius 1 is 1.16 bits per heavy atom. The van der Waals surface area contributed by atoms with Crippen molar-refractivity contribution in [2.75, 3.05) is 5.32 Å². The highest BCUT2D eigenvalue weighted by molar-refractivity contribution is 9.10. The lowest BCUT2D eigenvalue weighted by Crippen LogP contribution is -2.34. The maximum atomic E-state index is 12.4. The smallest absolute Gasteiger partial charge is 0.234 e. The van der Waals surface area contributed by atoms with Gasteiger partial charge in [0.25, 0.3) is 0 Å². The van der Waals surface area contributed by atoms with E-state index in [2.05, 4.69) is 26.2 Å². The van der Waals surface area contributed by atoms with E-state index in [-0.39, 0.29) is 5.91 Å². The number of anilines is 1. The van der Waals surface area contributed by atoms with E-state index in [1.807, 2.05) is 50.2 Å². The van der Waals surface area contributed by atoms with Crippen LogP contribution in [0.5, 0.6) is 0 Å². The molecular weight excluding hydrogens is 304 g/mol. The van der Waals surface area contributed by atoms with Gasteiger partial charge in [0.2, 0.25) is 5.91 Å². The minimum Gasteiger partial charge on any atom is -0.323 e. The Hall–Kier alpha value is -1.68. The number of benzene rings is 1. The van der Waals surface area contributed by atoms with Crippen LogP contribution in [0.15, 0.2) is 53.3 Å². The summed E-state index contributed by atoms with van der Waals surface area (Å²) in [4.78, 5) is 16.5. The van der Waals surface area contributed by atoms with E-state index in [1.54, 1.807) is 12.3 Å². The first-order valence-electron chi connectivity index (χ1n) is 5.99. The molecule has 0 fully saturated rings. The first kappa shape index (κ1) is 13.7. The first-order chi connectivity index (χ1) is 9.01. The van der Waals surface area contributed by atoms with Crippen LogP contribution in [-0.2, 0) is 10.2 Å². The van der Waals surface area contributed by atoms with Crippen LogP contribution in [0.25, 0.3) is 0 Å². The van der Waals surface area contributed by atoms with Gasteiger partial charge in [0, 0.05) is 6.20 Å². The number of hydrogen-bond donors (Lipinski definition) is 1. The second kappa shape index (κ2) is 5.53. The quantitative estimate of drug-likeness (QED) is 0.875. The van der Waals surface area contributed by atoms with Crippen molar-refractivity contribution in [3.63, 3.8) is 0 Å². The van der Waals surface area contributed by atoms with Crippen molar-refractivity contribution in [1.29, 1.82) is 0 Å². The number of halogens is 1. The number of rotatable bonds is 3. The van der Waals surface area contributed by atoms with Crippen molar-refractivity contribution in [3.8, 4) is 0 Å². The van der Waals surface area contributed by atoms with E-state index in [0.717, 1.165) is 5.56 Å². The van der Waals surface area contributed by atoms with Crippen LogP contribution in [0.4, 0.5) is 5.69 Å². The number of nitrogens with one attached hydrogen (secondary N) is 1. The molecule has 2 rings (SSSR count). The topological polar surface area (TPSA) is 42.0 Å². The average molecular weight is 319 g/mol. The van der Waals surface area contributed by atoms with Gasteiger partial charge in [0.15, 0.2) is 0 Å². The van der Waals surface area contributed by atoms with Crippen LogP contribution in [0.3, 0.4) is 0 Å². The summed E-state index contributed by atoms with van der Waals surface area (Å²) in [6, 6.07) is 13.3. The van der Waals surface area contributed by atoms with Gasteiger partial charge in [-0.25, -0.2) is 4.98 Å². The van der Waals surface area contributed by atoms with Crippen LogP contribution < -0.4 is 5.32 Å². The summed E-state index contributed by atoms with van der Waals surface area (Å²) in [6.07, 6.45) is 1.67. The summed E-state index contributed by atoms with van der Waals surface area (Å²) in [5.74, 6) is -0.0626. The molecule has 4 heteroatoms. The highest BCUT2D eigenvalue weighted by Gasteiger charge is 2.29. The van der Waals surface area contributed by atoms with Crippen molar-refractivity contribution < 1.29 is 4.79 Å². The molecule has 1 aromatic heterocycles. The monoisotopic (exact) mass is 318 g/mol. The standard InChI is InChI=1S/C15H15BrN2O/c1-15(2,11-7-4-3-5-8-11)14(19)18-12-9-6-10-17-13(12)16/h3-10H,1-2H3,(H,18,19). The number of hydrogen-bond acceptors (Lipinski definition) is 2. The van der Waals surface area contributed by atoms with E-state index < -0.39 is 5.41 Å². The van der Waals surface area contributed by atoms with Crippen LogP contribution >= 0.6 is 15.9 Å². The highest BCUT2D eigenvalue weighted by Crippen LogP contribution is 2.26. The third-order valence-electron chi connectivity index (χ3n) is 3.07. The molecule has 0 saturated heterocycles. The van der Waals surface area contributed by atoms with Gasteiger partial charge in [-0.15, -0.1) is 0 Å². The Morgan fingerprint density at radius 2 is 1.84 bits per heavy atom. The number of pyridine rings is 1. The SMILES string of the molecule is CC(C)(C(=O)Nc1cccnc1Br)c1ccccc1. The Bertz CT molecular complexity index is 582. The van der Waals surface area contributed by atoms with Crippen LogP contribution in [0.1, 0.15) is 19.4 Å². The predicted molar refractivity (Wildman–Crippen MR) is 80.0 cm³/mol. The van der Waals surface area contributed by atoms with Crippen molar-refractivity contribution in [3.05, 3.63) is 58.8 Å². The molecule has 19 heavy (non-hydrogen) atoms. The summed E-state index contributed by atoms with van der Waals surface area (Å²) >= 11 is 3.32. The molecule has 0 spiro atoms. The van der Waals surface area contributed by atoms with E-state index in [9.17, 15) is 4.79 Å². The number of carbonyl (C=O) groups excluding carboxylic acids is 1. The average Bonchev–Trinajstić information content (AvgIpc) is 2.42. The Balaban J connectivity index is 2.23. The lowest BCUT2D eigenvalue weighted by molar-refractivity contribution is -0.120. The van der Waals surface area contributed by atoms with Crippen LogP contribution in [0.2, 0.25) is 0 Å². The van der Waals surface area contributed by atoms with Gasteiger partial charge in [0.05, 0.1) is 11.1 Å². The first-order valence-corrected chi connectivity index (χ1v) is 6.78. The van der Waals surface area contributed by atoms with Crippen LogP contribution in [0, 0.1) is 0 Å². The largest absolute Gasteiger partial charge is 0.323 e. The number of carbonyl (C=O) groups is 1. The fraction of sp³-hybridized carbons (Fsp3) is 0.200. The van der Waals surface area contributed by atoms with Gasteiger partial charge in [0.1, 0.15) is 4.60 Å². The molecule has 0 bridgehead atoms. The van der Waals surface area contributed by atoms with Crippen molar-refractivity contribution in [2.45, 2.75) is 19.3 Å². The third kappa shape index (κ3) is 3.01. The zero-order valence-electron chi connectivity index (χ0n) is 10.9. The Morgan fingerprint density at radius 3 is 2.47 bits per heavy atom. The van der Waals surface area contributed by atoms with E-state index in [0.29, 0.717) is 10.3 Å². The molecule has 1 amide bonds. The normalized spacial score (nSPS) is 11.1. The molecule has 0 saturated carbocycles. The molecule has 2 aromatic rings. The van der Waals surface area contributed by atoms with Gasteiger partial charge >= 0.3 is 0 Å². The lowest BCUT2D eigenvalue weighted by atomic mass is 9.84. The molecule has 3 nitrogen and oxygen atoms in total. The van der Waals surface area contributed by atoms with Crippen molar-refractivity contribution in [2.24, 2.45) is 0 Å². The van der Waals surface area contributed by atoms with E-state index in [4.69, 9.17) is 0 Å². The van der Waals surface area contributed by atoms with Gasteiger partial charge in [-0.1, -0.05) is 30.3 Å². The fourth-order valence-electron chi connectivity index (χ4n) is 1.74. The predicted octanol–water partition coefficient (Wildman–Crippen LogP) is 3.76.